The number of hydrogen-bond donors (Lipinski definition) is 0. The van der Waals surface area contributed by atoms with E-state index in [0.717, 1.165) is 13.1 Å². The second-order valence-electron chi connectivity index (χ2n) is 2.61. The zero-order valence-electron chi connectivity index (χ0n) is 6.59. The van der Waals surface area contributed by atoms with Crippen LogP contribution in [0.4, 0.5) is 0 Å². The molecule has 2 nitrogen and oxygen atoms in total. The fourth-order valence-corrected chi connectivity index (χ4v) is 0.882. The van der Waals surface area contributed by atoms with Crippen LogP contribution in [0.1, 0.15) is 6.42 Å². The Labute approximate surface area is 99.8 Å². The summed E-state index contributed by atoms with van der Waals surface area (Å²) in [6.07, 6.45) is 1.30. The van der Waals surface area contributed by atoms with E-state index in [4.69, 9.17) is 0 Å². The Bertz CT molecular complexity index is 71.5. The van der Waals surface area contributed by atoms with Crippen molar-refractivity contribution >= 4 is 0 Å². The molecule has 1 heterocycles. The minimum Gasteiger partial charge on any atom is -0.659 e. The monoisotopic (exact) mass is 152 g/mol. The van der Waals surface area contributed by atoms with Crippen molar-refractivity contribution in [3.05, 3.63) is 5.32 Å². The molecule has 0 aromatic heterocycles. The van der Waals surface area contributed by atoms with Crippen LogP contribution in [0, 0.1) is 0 Å². The molecule has 1 rings (SSSR count). The molecule has 1 aliphatic rings. The van der Waals surface area contributed by atoms with Gasteiger partial charge >= 0.3 is 51.4 Å². The zero-order valence-corrected chi connectivity index (χ0v) is 9.72. The fraction of sp³-hybridized carbons (Fsp3) is 1.00. The van der Waals surface area contributed by atoms with Crippen LogP contribution in [0.3, 0.4) is 0 Å². The molecule has 0 aromatic carbocycles. The summed E-state index contributed by atoms with van der Waals surface area (Å²) < 4.78 is 0. The van der Waals surface area contributed by atoms with E-state index in [2.05, 4.69) is 24.3 Å². The summed E-state index contributed by atoms with van der Waals surface area (Å²) in [6, 6.07) is 0.657. The van der Waals surface area contributed by atoms with Gasteiger partial charge < -0.3 is 10.2 Å². The summed E-state index contributed by atoms with van der Waals surface area (Å²) in [5, 5.41) is 4.27. The van der Waals surface area contributed by atoms with Crippen LogP contribution in [-0.4, -0.2) is 38.1 Å². The maximum atomic E-state index is 4.27. The third-order valence-corrected chi connectivity index (χ3v) is 1.43. The van der Waals surface area contributed by atoms with Gasteiger partial charge in [0.2, 0.25) is 0 Å². The van der Waals surface area contributed by atoms with Gasteiger partial charge in [0, 0.05) is 0 Å². The fourth-order valence-electron chi connectivity index (χ4n) is 0.882. The van der Waals surface area contributed by atoms with E-state index in [1.165, 1.54) is 6.42 Å². The van der Waals surface area contributed by atoms with Gasteiger partial charge in [0.1, 0.15) is 0 Å². The first kappa shape index (κ1) is 10.6. The van der Waals surface area contributed by atoms with E-state index in [0.29, 0.717) is 6.04 Å². The number of likely N-dealkylation sites (N-methyl/N-ethyl adjacent to an activating group) is 1. The van der Waals surface area contributed by atoms with Crippen LogP contribution in [0.2, 0.25) is 0 Å². The van der Waals surface area contributed by atoms with Crippen molar-refractivity contribution in [1.29, 1.82) is 0 Å². The first-order valence-corrected chi connectivity index (χ1v) is 3.10. The van der Waals surface area contributed by atoms with Gasteiger partial charge in [-0.2, -0.15) is 6.54 Å². The largest absolute Gasteiger partial charge is 1.00 e. The summed E-state index contributed by atoms with van der Waals surface area (Å²) in [6.45, 7) is 2.23. The first-order valence-electron chi connectivity index (χ1n) is 3.10. The van der Waals surface area contributed by atoms with Crippen molar-refractivity contribution in [1.82, 2.24) is 4.90 Å². The third-order valence-electron chi connectivity index (χ3n) is 1.43. The Balaban J connectivity index is 0.000000640. The minimum absolute atomic E-state index is 0. The maximum absolute atomic E-state index is 4.27. The molecule has 3 heteroatoms. The van der Waals surface area contributed by atoms with Gasteiger partial charge in [-0.15, -0.1) is 6.04 Å². The van der Waals surface area contributed by atoms with Crippen molar-refractivity contribution in [2.24, 2.45) is 0 Å². The zero-order chi connectivity index (χ0) is 5.98. The van der Waals surface area contributed by atoms with Crippen LogP contribution in [0.15, 0.2) is 0 Å². The number of rotatable bonds is 2. The molecule has 0 spiro atoms. The average Bonchev–Trinajstić information content (AvgIpc) is 1.55. The number of nitrogens with zero attached hydrogens (tertiary/aromatic N) is 2. The summed E-state index contributed by atoms with van der Waals surface area (Å²) in [5.41, 5.74) is 0. The molecule has 1 saturated heterocycles. The molecular formula is C6H13KN2. The smallest absolute Gasteiger partial charge is 0.659 e. The molecule has 0 amide bonds. The van der Waals surface area contributed by atoms with E-state index in [1.807, 2.05) is 0 Å². The van der Waals surface area contributed by atoms with E-state index in [9.17, 15) is 0 Å². The summed E-state index contributed by atoms with van der Waals surface area (Å²) in [5.74, 6) is 0. The quantitative estimate of drug-likeness (QED) is 0.407. The summed E-state index contributed by atoms with van der Waals surface area (Å²) in [7, 11) is 4.18. The Morgan fingerprint density at radius 1 is 1.56 bits per heavy atom. The van der Waals surface area contributed by atoms with Gasteiger partial charge in [-0.25, -0.2) is 0 Å². The van der Waals surface area contributed by atoms with Crippen LogP contribution in [-0.2, 0) is 0 Å². The molecule has 0 saturated carbocycles. The Morgan fingerprint density at radius 2 is 2.11 bits per heavy atom. The van der Waals surface area contributed by atoms with E-state index in [-0.39, 0.29) is 51.4 Å². The molecule has 0 aromatic rings. The molecule has 48 valence electrons. The normalized spacial score (nSPS) is 25.0. The van der Waals surface area contributed by atoms with Crippen molar-refractivity contribution in [3.63, 3.8) is 0 Å². The van der Waals surface area contributed by atoms with E-state index in [1.54, 1.807) is 0 Å². The third kappa shape index (κ3) is 4.09. The number of hydrogen-bond acceptors (Lipinski definition) is 1. The predicted molar refractivity (Wildman–Crippen MR) is 35.2 cm³/mol. The molecule has 0 N–H and O–H groups in total. The predicted octanol–water partition coefficient (Wildman–Crippen LogP) is -2.30. The van der Waals surface area contributed by atoms with Crippen LogP contribution in [0.25, 0.3) is 5.32 Å². The van der Waals surface area contributed by atoms with Crippen molar-refractivity contribution in [2.45, 2.75) is 12.5 Å². The first-order chi connectivity index (χ1) is 3.79. The molecule has 1 aliphatic heterocycles. The van der Waals surface area contributed by atoms with Gasteiger partial charge in [0.25, 0.3) is 0 Å². The average molecular weight is 152 g/mol. The Hall–Kier alpha value is 1.56. The molecule has 9 heavy (non-hydrogen) atoms. The van der Waals surface area contributed by atoms with Crippen LogP contribution >= 0.6 is 0 Å². The van der Waals surface area contributed by atoms with Gasteiger partial charge in [-0.3, -0.25) is 0 Å². The van der Waals surface area contributed by atoms with Crippen LogP contribution < -0.4 is 51.4 Å². The minimum atomic E-state index is 0. The van der Waals surface area contributed by atoms with Crippen LogP contribution in [0.5, 0.6) is 0 Å². The topological polar surface area (TPSA) is 17.3 Å². The molecule has 1 atom stereocenters. The second-order valence-corrected chi connectivity index (χ2v) is 2.61. The molecule has 0 bridgehead atoms. The molecular weight excluding hydrogens is 139 g/mol. The molecule has 0 aliphatic carbocycles. The summed E-state index contributed by atoms with van der Waals surface area (Å²) >= 11 is 0. The molecule has 1 unspecified atom stereocenters. The van der Waals surface area contributed by atoms with E-state index < -0.39 is 0 Å². The Morgan fingerprint density at radius 3 is 2.22 bits per heavy atom. The van der Waals surface area contributed by atoms with Gasteiger partial charge in [0.05, 0.1) is 0 Å². The summed E-state index contributed by atoms with van der Waals surface area (Å²) in [4.78, 5) is 2.19. The maximum Gasteiger partial charge on any atom is 1.00 e. The van der Waals surface area contributed by atoms with Gasteiger partial charge in [0.15, 0.2) is 0 Å². The Kier molecular flexibility index (Phi) is 6.14. The molecule has 0 radical (unpaired) electrons. The SMILES string of the molecule is CN(C)CC1CC[N-]1.[K+]. The second kappa shape index (κ2) is 5.24. The van der Waals surface area contributed by atoms with Crippen molar-refractivity contribution in [3.8, 4) is 0 Å². The molecule has 1 fully saturated rings. The van der Waals surface area contributed by atoms with Gasteiger partial charge in [-0.1, -0.05) is 6.42 Å². The van der Waals surface area contributed by atoms with Gasteiger partial charge in [-0.05, 0) is 20.6 Å². The van der Waals surface area contributed by atoms with E-state index >= 15 is 0 Å². The standard InChI is InChI=1S/C6H13N2.K/c1-8(2)5-6-3-4-7-6;/h6H,3-5H2,1-2H3;/q-1;+1. The van der Waals surface area contributed by atoms with Crippen molar-refractivity contribution in [2.75, 3.05) is 27.2 Å². The van der Waals surface area contributed by atoms with Crippen molar-refractivity contribution < 1.29 is 51.4 Å².